The van der Waals surface area contributed by atoms with Crippen LogP contribution in [0.1, 0.15) is 44.9 Å². The van der Waals surface area contributed by atoms with Crippen LogP contribution in [-0.4, -0.2) is 40.0 Å². The van der Waals surface area contributed by atoms with E-state index in [1.54, 1.807) is 0 Å². The number of hydrogen-bond acceptors (Lipinski definition) is 2. The summed E-state index contributed by atoms with van der Waals surface area (Å²) in [6.45, 7) is 9.16. The minimum atomic E-state index is -0.257. The molecule has 7 rings (SSSR count). The summed E-state index contributed by atoms with van der Waals surface area (Å²) in [6, 6.07) is 8.64. The molecule has 4 nitrogen and oxygen atoms in total. The Kier molecular flexibility index (Phi) is 2.56. The van der Waals surface area contributed by atoms with Gasteiger partial charge in [0.05, 0.1) is 5.54 Å². The van der Waals surface area contributed by atoms with Crippen molar-refractivity contribution in [1.82, 2.24) is 15.2 Å². The number of hydrogen-bond donors (Lipinski definition) is 2. The van der Waals surface area contributed by atoms with Gasteiger partial charge in [0.2, 0.25) is 5.91 Å². The van der Waals surface area contributed by atoms with E-state index in [-0.39, 0.29) is 16.5 Å². The average Bonchev–Trinajstić information content (AvgIpc) is 3.11. The predicted molar refractivity (Wildman–Crippen MR) is 102 cm³/mol. The van der Waals surface area contributed by atoms with E-state index >= 15 is 0 Å². The van der Waals surface area contributed by atoms with Crippen LogP contribution in [0.5, 0.6) is 0 Å². The molecule has 1 amide bonds. The fourth-order valence-corrected chi connectivity index (χ4v) is 7.12. The van der Waals surface area contributed by atoms with E-state index in [1.807, 2.05) is 0 Å². The average molecular weight is 349 g/mol. The quantitative estimate of drug-likeness (QED) is 0.768. The van der Waals surface area contributed by atoms with Crippen LogP contribution in [-0.2, 0) is 16.6 Å². The molecule has 4 aliphatic heterocycles. The third kappa shape index (κ3) is 1.55. The van der Waals surface area contributed by atoms with E-state index < -0.39 is 0 Å². The number of piperidine rings is 2. The third-order valence-corrected chi connectivity index (χ3v) is 8.11. The zero-order chi connectivity index (χ0) is 17.9. The van der Waals surface area contributed by atoms with Gasteiger partial charge in [-0.05, 0) is 42.7 Å². The smallest absolute Gasteiger partial charge is 0.241 e. The van der Waals surface area contributed by atoms with Gasteiger partial charge in [-0.1, -0.05) is 39.0 Å². The summed E-state index contributed by atoms with van der Waals surface area (Å²) in [5, 5.41) is 4.90. The fourth-order valence-electron chi connectivity index (χ4n) is 7.12. The number of para-hydroxylation sites is 1. The Morgan fingerprint density at radius 1 is 1.19 bits per heavy atom. The maximum Gasteiger partial charge on any atom is 0.241 e. The molecular formula is C22H27N3O. The van der Waals surface area contributed by atoms with Gasteiger partial charge in [0.15, 0.2) is 0 Å². The van der Waals surface area contributed by atoms with Crippen molar-refractivity contribution in [3.05, 3.63) is 35.5 Å². The number of carbonyl (C=O) groups is 1. The molecule has 1 aromatic heterocycles. The second-order valence-corrected chi connectivity index (χ2v) is 10.0. The SMILES string of the molecule is CC1CN2CC34Cc5c([nH]c6ccccc56)C(C)(C)C3CC2(C1)C(=O)N4. The molecule has 0 radical (unpaired) electrons. The number of aromatic amines is 1. The standard InChI is InChI=1S/C22H27N3O/c1-13-8-22-10-17-20(2,3)18-15(14-6-4-5-7-16(14)23-18)9-21(17,24-19(22)26)12-25(22)11-13/h4-7,13,17,23H,8-12H2,1-3H3,(H,24,26). The van der Waals surface area contributed by atoms with Gasteiger partial charge in [-0.3, -0.25) is 9.69 Å². The largest absolute Gasteiger partial charge is 0.358 e. The van der Waals surface area contributed by atoms with Crippen molar-refractivity contribution in [2.24, 2.45) is 11.8 Å². The molecule has 2 aromatic rings. The highest BCUT2D eigenvalue weighted by atomic mass is 16.2. The highest BCUT2D eigenvalue weighted by Crippen LogP contribution is 2.59. The highest BCUT2D eigenvalue weighted by Gasteiger charge is 2.69. The number of fused-ring (bicyclic) bond motifs is 4. The van der Waals surface area contributed by atoms with Crippen molar-refractivity contribution in [3.8, 4) is 0 Å². The second-order valence-electron chi connectivity index (χ2n) is 10.0. The number of H-pyrrole nitrogens is 1. The lowest BCUT2D eigenvalue weighted by atomic mass is 9.51. The van der Waals surface area contributed by atoms with E-state index in [2.05, 4.69) is 60.2 Å². The molecule has 2 N–H and O–H groups in total. The monoisotopic (exact) mass is 349 g/mol. The van der Waals surface area contributed by atoms with Crippen molar-refractivity contribution in [3.63, 3.8) is 0 Å². The lowest BCUT2D eigenvalue weighted by Crippen LogP contribution is -2.82. The molecule has 4 unspecified atom stereocenters. The van der Waals surface area contributed by atoms with Gasteiger partial charge in [-0.15, -0.1) is 0 Å². The molecular weight excluding hydrogens is 322 g/mol. The van der Waals surface area contributed by atoms with Gasteiger partial charge in [-0.25, -0.2) is 0 Å². The molecule has 2 spiro atoms. The number of nitrogens with zero attached hydrogens (tertiary/aromatic N) is 1. The van der Waals surface area contributed by atoms with Crippen molar-refractivity contribution in [2.75, 3.05) is 13.1 Å². The van der Waals surface area contributed by atoms with Gasteiger partial charge in [0.1, 0.15) is 5.54 Å². The summed E-state index contributed by atoms with van der Waals surface area (Å²) in [6.07, 6.45) is 2.97. The van der Waals surface area contributed by atoms with Crippen LogP contribution in [0.2, 0.25) is 0 Å². The van der Waals surface area contributed by atoms with Crippen molar-refractivity contribution >= 4 is 16.8 Å². The topological polar surface area (TPSA) is 48.1 Å². The van der Waals surface area contributed by atoms with Crippen molar-refractivity contribution < 1.29 is 4.79 Å². The molecule has 2 bridgehead atoms. The summed E-state index contributed by atoms with van der Waals surface area (Å²) in [7, 11) is 0. The number of aromatic nitrogens is 1. The summed E-state index contributed by atoms with van der Waals surface area (Å²) >= 11 is 0. The van der Waals surface area contributed by atoms with E-state index in [4.69, 9.17) is 0 Å². The number of piperazine rings is 1. The van der Waals surface area contributed by atoms with Crippen LogP contribution in [0.15, 0.2) is 24.3 Å². The zero-order valence-electron chi connectivity index (χ0n) is 15.9. The third-order valence-electron chi connectivity index (χ3n) is 8.11. The molecule has 4 atom stereocenters. The summed E-state index contributed by atoms with van der Waals surface area (Å²) in [5.74, 6) is 1.39. The van der Waals surface area contributed by atoms with Crippen molar-refractivity contribution in [2.45, 2.75) is 56.5 Å². The molecule has 4 heteroatoms. The zero-order valence-corrected chi connectivity index (χ0v) is 15.9. The highest BCUT2D eigenvalue weighted by molar-refractivity contribution is 5.91. The number of rotatable bonds is 0. The van der Waals surface area contributed by atoms with Gasteiger partial charge >= 0.3 is 0 Å². The molecule has 1 aromatic carbocycles. The van der Waals surface area contributed by atoms with Crippen LogP contribution in [0.25, 0.3) is 10.9 Å². The van der Waals surface area contributed by atoms with Crippen LogP contribution < -0.4 is 5.32 Å². The maximum atomic E-state index is 13.2. The molecule has 5 aliphatic rings. The first-order valence-corrected chi connectivity index (χ1v) is 10.0. The molecule has 4 fully saturated rings. The number of amides is 1. The van der Waals surface area contributed by atoms with E-state index in [9.17, 15) is 4.79 Å². The minimum Gasteiger partial charge on any atom is -0.358 e. The lowest BCUT2D eigenvalue weighted by molar-refractivity contribution is -0.160. The fraction of sp³-hybridized carbons (Fsp3) is 0.591. The molecule has 1 aliphatic carbocycles. The van der Waals surface area contributed by atoms with Gasteiger partial charge in [0, 0.05) is 35.1 Å². The second kappa shape index (κ2) is 4.36. The molecule has 0 saturated carbocycles. The summed E-state index contributed by atoms with van der Waals surface area (Å²) in [5.41, 5.74) is 3.70. The Balaban J connectivity index is 1.58. The van der Waals surface area contributed by atoms with E-state index in [0.717, 1.165) is 32.4 Å². The maximum absolute atomic E-state index is 13.2. The molecule has 4 saturated heterocycles. The van der Waals surface area contributed by atoms with Gasteiger partial charge < -0.3 is 10.3 Å². The van der Waals surface area contributed by atoms with Crippen molar-refractivity contribution in [1.29, 1.82) is 0 Å². The minimum absolute atomic E-state index is 0.0330. The lowest BCUT2D eigenvalue weighted by Gasteiger charge is -2.65. The van der Waals surface area contributed by atoms with E-state index in [0.29, 0.717) is 17.7 Å². The van der Waals surface area contributed by atoms with Crippen LogP contribution in [0, 0.1) is 11.8 Å². The number of nitrogens with one attached hydrogen (secondary N) is 2. The Morgan fingerprint density at radius 3 is 2.85 bits per heavy atom. The first kappa shape index (κ1) is 15.3. The molecule has 5 heterocycles. The normalized spacial score (nSPS) is 40.2. The molecule has 136 valence electrons. The first-order valence-electron chi connectivity index (χ1n) is 10.0. The predicted octanol–water partition coefficient (Wildman–Crippen LogP) is 2.97. The number of carbonyl (C=O) groups excluding carboxylic acids is 1. The Morgan fingerprint density at radius 2 is 2.00 bits per heavy atom. The number of benzene rings is 1. The summed E-state index contributed by atoms with van der Waals surface area (Å²) < 4.78 is 0. The van der Waals surface area contributed by atoms with Gasteiger partial charge in [0.25, 0.3) is 0 Å². The molecule has 26 heavy (non-hydrogen) atoms. The van der Waals surface area contributed by atoms with Crippen LogP contribution >= 0.6 is 0 Å². The Bertz CT molecular complexity index is 959. The first-order chi connectivity index (χ1) is 12.4. The van der Waals surface area contributed by atoms with Crippen LogP contribution in [0.3, 0.4) is 0 Å². The van der Waals surface area contributed by atoms with E-state index in [1.165, 1.54) is 22.2 Å². The Hall–Kier alpha value is -1.81. The Labute approximate surface area is 154 Å². The summed E-state index contributed by atoms with van der Waals surface area (Å²) in [4.78, 5) is 19.5. The van der Waals surface area contributed by atoms with Gasteiger partial charge in [-0.2, -0.15) is 0 Å². The van der Waals surface area contributed by atoms with Crippen LogP contribution in [0.4, 0.5) is 0 Å².